The van der Waals surface area contributed by atoms with Gasteiger partial charge < -0.3 is 108 Å². The first-order valence-corrected chi connectivity index (χ1v) is 39.7. The summed E-state index contributed by atoms with van der Waals surface area (Å²) in [7, 11) is 0. The van der Waals surface area contributed by atoms with Crippen molar-refractivity contribution in [1.29, 1.82) is 0 Å². The molecule has 1 fully saturated rings. The fraction of sp³-hybridized carbons (Fsp3) is 0.556. The Labute approximate surface area is 661 Å². The van der Waals surface area contributed by atoms with E-state index >= 15 is 14.4 Å². The number of aromatic amines is 1. The summed E-state index contributed by atoms with van der Waals surface area (Å²) in [5.74, 6) is -16.2. The number of carbonyl (C=O) groups is 15. The maximum atomic E-state index is 15.7. The van der Waals surface area contributed by atoms with E-state index in [1.54, 1.807) is 76.9 Å². The zero-order valence-corrected chi connectivity index (χ0v) is 66.1. The first-order valence-electron chi connectivity index (χ1n) is 36.9. The summed E-state index contributed by atoms with van der Waals surface area (Å²) >= 11 is 2.78. The van der Waals surface area contributed by atoms with Crippen LogP contribution in [0.4, 0.5) is 0 Å². The second-order valence-electron chi connectivity index (χ2n) is 27.8. The number of carboxylic acids is 1. The van der Waals surface area contributed by atoms with E-state index in [1.165, 1.54) is 35.1 Å². The number of hydrogen-bond acceptors (Lipinski definition) is 22. The van der Waals surface area contributed by atoms with Crippen molar-refractivity contribution in [2.24, 2.45) is 51.2 Å². The van der Waals surface area contributed by atoms with Gasteiger partial charge in [-0.3, -0.25) is 76.9 Å². The molecule has 2 aromatic heterocycles. The number of thioether (sulfide) groups is 2. The van der Waals surface area contributed by atoms with Crippen molar-refractivity contribution in [3.05, 3.63) is 72.1 Å². The minimum absolute atomic E-state index is 0.0894. The number of benzene rings is 2. The SMILES string of the molecule is CC[C@H](C)[C@H](NC(=O)[C@@H](N)CCCN=C(N)N)C(=O)N[C@@H](CC(N)=O)C(=O)N[C@@H](CC(N)=O)C(=O)N[C@H](C(=O)N1C[C@@H](n2cc(-c3ccc(C)cc3)nn2)C[C@H]1C(=O)N[C@@H](Cc1c[nH]c2ccccc12)C(=O)N[C@@H](CO)C(=O)N[C@@H](CCC(=O)O)C(=O)N[C@@H](C)C(=O)N[C@@H](CCSC)C(=O)N[C@@H](CCSC)C(N)=O)[C@@H](C)CC. The summed E-state index contributed by atoms with van der Waals surface area (Å²) in [4.78, 5) is 216. The molecule has 14 amide bonds. The van der Waals surface area contributed by atoms with Gasteiger partial charge in [0, 0.05) is 55.0 Å². The molecule has 41 heteroatoms. The molecule has 1 aliphatic rings. The Kier molecular flexibility index (Phi) is 37.3. The highest BCUT2D eigenvalue weighted by atomic mass is 32.2. The second-order valence-corrected chi connectivity index (χ2v) is 29.8. The van der Waals surface area contributed by atoms with E-state index in [-0.39, 0.29) is 57.6 Å². The number of amides is 14. The first kappa shape index (κ1) is 92.7. The van der Waals surface area contributed by atoms with Crippen molar-refractivity contribution in [1.82, 2.24) is 78.0 Å². The Bertz CT molecular complexity index is 4030. The lowest BCUT2D eigenvalue weighted by Gasteiger charge is -2.33. The summed E-state index contributed by atoms with van der Waals surface area (Å²) in [6, 6.07) is -5.06. The quantitative estimate of drug-likeness (QED) is 0.0114. The van der Waals surface area contributed by atoms with E-state index in [2.05, 4.69) is 73.5 Å². The fourth-order valence-corrected chi connectivity index (χ4v) is 13.1. The van der Waals surface area contributed by atoms with Crippen molar-refractivity contribution in [3.63, 3.8) is 0 Å². The van der Waals surface area contributed by atoms with Crippen molar-refractivity contribution in [2.45, 2.75) is 197 Å². The molecule has 0 radical (unpaired) electrons. The Balaban J connectivity index is 1.48. The monoisotopic (exact) mass is 1620 g/mol. The van der Waals surface area contributed by atoms with Gasteiger partial charge in [-0.2, -0.15) is 23.5 Å². The van der Waals surface area contributed by atoms with E-state index in [4.69, 9.17) is 34.4 Å². The number of aryl methyl sites for hydroxylation is 1. The third kappa shape index (κ3) is 28.6. The van der Waals surface area contributed by atoms with Gasteiger partial charge in [0.1, 0.15) is 72.2 Å². The number of hydrogen-bond donors (Lipinski definition) is 19. The number of carboxylic acid groups (broad SMARTS) is 1. The van der Waals surface area contributed by atoms with Gasteiger partial charge in [0.2, 0.25) is 82.7 Å². The van der Waals surface area contributed by atoms with Crippen molar-refractivity contribution >= 4 is 129 Å². The predicted molar refractivity (Wildman–Crippen MR) is 420 cm³/mol. The average Bonchev–Trinajstić information content (AvgIpc) is 1.65. The number of aliphatic hydroxyl groups is 1. The summed E-state index contributed by atoms with van der Waals surface area (Å²) in [5, 5.41) is 55.0. The molecule has 15 atom stereocenters. The minimum Gasteiger partial charge on any atom is -0.481 e. The number of aromatic nitrogens is 4. The van der Waals surface area contributed by atoms with E-state index in [0.29, 0.717) is 52.1 Å². The van der Waals surface area contributed by atoms with Gasteiger partial charge in [0.25, 0.3) is 0 Å². The second kappa shape index (κ2) is 45.5. The van der Waals surface area contributed by atoms with Crippen molar-refractivity contribution in [3.8, 4) is 11.3 Å². The van der Waals surface area contributed by atoms with Crippen LogP contribution in [-0.4, -0.2) is 246 Å². The zero-order valence-electron chi connectivity index (χ0n) is 64.5. The third-order valence-corrected chi connectivity index (χ3v) is 20.4. The number of nitrogens with one attached hydrogen (secondary N) is 11. The lowest BCUT2D eigenvalue weighted by molar-refractivity contribution is -0.144. The number of aliphatic imine (C=N–C) groups is 1. The molecule has 4 aromatic rings. The van der Waals surface area contributed by atoms with Gasteiger partial charge in [0.05, 0.1) is 37.7 Å². The molecule has 2 aromatic carbocycles. The predicted octanol–water partition coefficient (Wildman–Crippen LogP) is -3.94. The summed E-state index contributed by atoms with van der Waals surface area (Å²) in [6.45, 7) is 8.46. The van der Waals surface area contributed by atoms with Gasteiger partial charge >= 0.3 is 5.97 Å². The molecule has 113 heavy (non-hydrogen) atoms. The minimum atomic E-state index is -1.94. The van der Waals surface area contributed by atoms with Gasteiger partial charge in [-0.25, -0.2) is 4.68 Å². The molecule has 25 N–H and O–H groups in total. The number of primary amides is 3. The highest BCUT2D eigenvalue weighted by molar-refractivity contribution is 7.98. The van der Waals surface area contributed by atoms with Crippen LogP contribution >= 0.6 is 23.5 Å². The topological polar surface area (TPSA) is 635 Å². The van der Waals surface area contributed by atoms with E-state index in [9.17, 15) is 67.7 Å². The number of nitrogens with zero attached hydrogens (tertiary/aromatic N) is 5. The molecule has 0 bridgehead atoms. The van der Waals surface area contributed by atoms with Crippen molar-refractivity contribution < 1.29 is 82.1 Å². The molecular weight excluding hydrogens is 1510 g/mol. The van der Waals surface area contributed by atoms with Crippen LogP contribution in [0.3, 0.4) is 0 Å². The first-order chi connectivity index (χ1) is 53.5. The summed E-state index contributed by atoms with van der Waals surface area (Å²) in [6.07, 6.45) is 4.25. The largest absolute Gasteiger partial charge is 0.481 e. The number of aliphatic hydroxyl groups excluding tert-OH is 1. The molecule has 0 aliphatic carbocycles. The maximum absolute atomic E-state index is 15.7. The summed E-state index contributed by atoms with van der Waals surface area (Å²) < 4.78 is 1.44. The number of likely N-dealkylation sites (tertiary alicyclic amines) is 1. The molecule has 0 unspecified atom stereocenters. The standard InChI is InChI=1S/C72H108N22O17S2/c1-9-37(4)58(89-62(102)44(73)15-13-25-79-72(77)78)70(110)87-50(30-55(74)96)66(106)85-51(31-56(75)97)67(107)90-59(38(5)10-2)71(111)93-33-42(94-34-52(91-92-94)40-19-17-36(3)18-20-40)29-54(93)69(109)86-49(28-41-32-80-45-16-12-11-14-43(41)45)65(105)88-53(35-95)68(108)84-47(21-22-57(98)99)63(103)81-39(6)61(101)83-48(24-27-113-8)64(104)82-46(60(76)100)23-26-112-7/h11-12,14,16-20,32,34,37-39,42,44,46-51,53-54,58-59,80,95H,9-10,13,15,21-31,33,35,73H2,1-8H3,(H2,74,96)(H2,75,97)(H2,76,100)(H,81,103)(H,82,104)(H,83,101)(H,84,108)(H,85,106)(H,86,109)(H,87,110)(H,88,105)(H,89,102)(H,90,107)(H,98,99)(H4,77,78,79)/t37-,38-,39-,42-,44-,46-,47-,48-,49-,50-,51-,53-,54-,58-,59-/m0/s1. The van der Waals surface area contributed by atoms with Gasteiger partial charge in [-0.15, -0.1) is 5.10 Å². The van der Waals surface area contributed by atoms with Crippen LogP contribution < -0.4 is 87.6 Å². The number of para-hydroxylation sites is 1. The van der Waals surface area contributed by atoms with Crippen LogP contribution in [0.1, 0.15) is 122 Å². The average molecular weight is 1620 g/mol. The molecule has 0 spiro atoms. The molecule has 5 rings (SSSR count). The number of aliphatic carboxylic acids is 1. The maximum Gasteiger partial charge on any atom is 0.303 e. The molecule has 1 saturated heterocycles. The molecule has 620 valence electrons. The van der Waals surface area contributed by atoms with E-state index < -0.39 is 211 Å². The smallest absolute Gasteiger partial charge is 0.303 e. The van der Waals surface area contributed by atoms with Crippen LogP contribution in [0, 0.1) is 18.8 Å². The zero-order chi connectivity index (χ0) is 83.9. The summed E-state index contributed by atoms with van der Waals surface area (Å²) in [5.41, 5.74) is 36.8. The Morgan fingerprint density at radius 2 is 1.13 bits per heavy atom. The number of fused-ring (bicyclic) bond motifs is 1. The molecule has 39 nitrogen and oxygen atoms in total. The van der Waals surface area contributed by atoms with Gasteiger partial charge in [0.15, 0.2) is 5.96 Å². The number of rotatable bonds is 48. The Hall–Kier alpha value is -10.9. The Morgan fingerprint density at radius 1 is 0.611 bits per heavy atom. The number of nitrogens with two attached hydrogens (primary N) is 6. The molecule has 1 aliphatic heterocycles. The van der Waals surface area contributed by atoms with Crippen LogP contribution in [0.25, 0.3) is 22.2 Å². The van der Waals surface area contributed by atoms with Gasteiger partial charge in [-0.05, 0) is 93.4 Å². The van der Waals surface area contributed by atoms with Crippen molar-refractivity contribution in [2.75, 3.05) is 43.7 Å². The fourth-order valence-electron chi connectivity index (χ4n) is 12.1. The van der Waals surface area contributed by atoms with Crippen LogP contribution in [-0.2, 0) is 78.3 Å². The van der Waals surface area contributed by atoms with E-state index in [1.807, 2.05) is 31.2 Å². The molecule has 0 saturated carbocycles. The number of carbonyl (C=O) groups excluding carboxylic acids is 14. The lowest BCUT2D eigenvalue weighted by atomic mass is 9.96. The van der Waals surface area contributed by atoms with Crippen LogP contribution in [0.2, 0.25) is 0 Å². The van der Waals surface area contributed by atoms with E-state index in [0.717, 1.165) is 10.5 Å². The molecular formula is C72H108N22O17S2. The third-order valence-electron chi connectivity index (χ3n) is 19.1. The Morgan fingerprint density at radius 3 is 1.73 bits per heavy atom. The molecule has 3 heterocycles. The number of H-pyrrole nitrogens is 1. The normalized spacial score (nSPS) is 16.7. The van der Waals surface area contributed by atoms with Crippen LogP contribution in [0.5, 0.6) is 0 Å². The highest BCUT2D eigenvalue weighted by Gasteiger charge is 2.46. The number of guanidine groups is 1. The lowest BCUT2D eigenvalue weighted by Crippen LogP contribution is -2.62. The highest BCUT2D eigenvalue weighted by Crippen LogP contribution is 2.31. The van der Waals surface area contributed by atoms with Gasteiger partial charge in [-0.1, -0.05) is 93.8 Å². The van der Waals surface area contributed by atoms with Crippen LogP contribution in [0.15, 0.2) is 65.9 Å².